The molecule has 4 rings (SSSR count). The van der Waals surface area contributed by atoms with Crippen molar-refractivity contribution in [3.63, 3.8) is 0 Å². The normalized spacial score (nSPS) is 17.4. The highest BCUT2D eigenvalue weighted by Gasteiger charge is 2.25. The van der Waals surface area contributed by atoms with E-state index in [9.17, 15) is 4.79 Å². The summed E-state index contributed by atoms with van der Waals surface area (Å²) in [5, 5.41) is 21.8. The topological polar surface area (TPSA) is 123 Å². The molecular weight excluding hydrogens is 332 g/mol. The minimum absolute atomic E-state index is 0.00793. The third kappa shape index (κ3) is 2.90. The SMILES string of the molecule is Cc1nc(N2CCCC(NC(=O)CC#N)C2)c2c(nnc3[nH]ccc32)n1. The fraction of sp³-hybridized carbons (Fsp3) is 0.412. The minimum atomic E-state index is -0.234. The number of nitrogens with zero attached hydrogens (tertiary/aromatic N) is 6. The van der Waals surface area contributed by atoms with Gasteiger partial charge in [0.25, 0.3) is 0 Å². The van der Waals surface area contributed by atoms with Crippen molar-refractivity contribution in [1.29, 1.82) is 5.26 Å². The molecule has 9 heteroatoms. The molecule has 3 aromatic rings. The molecule has 3 aromatic heterocycles. The zero-order valence-electron chi connectivity index (χ0n) is 14.4. The highest BCUT2D eigenvalue weighted by Crippen LogP contribution is 2.30. The van der Waals surface area contributed by atoms with Gasteiger partial charge in [-0.3, -0.25) is 4.79 Å². The van der Waals surface area contributed by atoms with Crippen molar-refractivity contribution in [2.24, 2.45) is 0 Å². The van der Waals surface area contributed by atoms with Crippen molar-refractivity contribution >= 4 is 33.8 Å². The number of anilines is 1. The lowest BCUT2D eigenvalue weighted by molar-refractivity contribution is -0.120. The van der Waals surface area contributed by atoms with Gasteiger partial charge in [0.1, 0.15) is 18.1 Å². The Morgan fingerprint density at radius 1 is 1.46 bits per heavy atom. The van der Waals surface area contributed by atoms with E-state index in [1.54, 1.807) is 0 Å². The lowest BCUT2D eigenvalue weighted by Crippen LogP contribution is -2.48. The number of hydrogen-bond donors (Lipinski definition) is 2. The molecule has 0 aliphatic carbocycles. The number of aryl methyl sites for hydroxylation is 1. The van der Waals surface area contributed by atoms with Crippen molar-refractivity contribution in [2.75, 3.05) is 18.0 Å². The van der Waals surface area contributed by atoms with Gasteiger partial charge < -0.3 is 15.2 Å². The Hall–Kier alpha value is -3.28. The van der Waals surface area contributed by atoms with Crippen molar-refractivity contribution in [3.8, 4) is 6.07 Å². The maximum absolute atomic E-state index is 11.8. The highest BCUT2D eigenvalue weighted by atomic mass is 16.1. The lowest BCUT2D eigenvalue weighted by atomic mass is 10.0. The van der Waals surface area contributed by atoms with Crippen LogP contribution >= 0.6 is 0 Å². The van der Waals surface area contributed by atoms with Crippen LogP contribution < -0.4 is 10.2 Å². The van der Waals surface area contributed by atoms with Crippen molar-refractivity contribution in [3.05, 3.63) is 18.1 Å². The standard InChI is InChI=1S/C17H18N8O/c1-10-20-16-14(12-5-7-19-15(12)23-24-16)17(21-10)25-8-2-3-11(9-25)22-13(26)4-6-18/h5,7,11H,2-4,8-9H2,1H3,(H,19,23)(H,22,26). The van der Waals surface area contributed by atoms with Crippen LogP contribution in [0.5, 0.6) is 0 Å². The number of aromatic nitrogens is 5. The fourth-order valence-corrected chi connectivity index (χ4v) is 3.47. The van der Waals surface area contributed by atoms with Gasteiger partial charge in [-0.2, -0.15) is 5.26 Å². The summed E-state index contributed by atoms with van der Waals surface area (Å²) in [7, 11) is 0. The third-order valence-electron chi connectivity index (χ3n) is 4.55. The number of nitrogens with one attached hydrogen (secondary N) is 2. The molecule has 0 saturated carbocycles. The summed E-state index contributed by atoms with van der Waals surface area (Å²) >= 11 is 0. The number of piperidine rings is 1. The van der Waals surface area contributed by atoms with Crippen LogP contribution in [0.1, 0.15) is 25.1 Å². The first kappa shape index (κ1) is 16.2. The Labute approximate surface area is 149 Å². The predicted molar refractivity (Wildman–Crippen MR) is 95.3 cm³/mol. The molecule has 26 heavy (non-hydrogen) atoms. The maximum atomic E-state index is 11.8. The van der Waals surface area contributed by atoms with Gasteiger partial charge in [-0.1, -0.05) is 0 Å². The van der Waals surface area contributed by atoms with Gasteiger partial charge in [-0.05, 0) is 25.8 Å². The molecule has 1 fully saturated rings. The van der Waals surface area contributed by atoms with E-state index in [1.807, 2.05) is 25.3 Å². The first-order valence-corrected chi connectivity index (χ1v) is 8.55. The molecule has 0 bridgehead atoms. The summed E-state index contributed by atoms with van der Waals surface area (Å²) in [4.78, 5) is 26.1. The first-order valence-electron chi connectivity index (χ1n) is 8.55. The third-order valence-corrected chi connectivity index (χ3v) is 4.55. The molecule has 0 aromatic carbocycles. The Bertz CT molecular complexity index is 1020. The van der Waals surface area contributed by atoms with Crippen molar-refractivity contribution in [2.45, 2.75) is 32.2 Å². The Kier molecular flexibility index (Phi) is 4.08. The second-order valence-corrected chi connectivity index (χ2v) is 6.42. The van der Waals surface area contributed by atoms with Crippen LogP contribution in [0.3, 0.4) is 0 Å². The number of amides is 1. The molecule has 0 radical (unpaired) electrons. The molecule has 4 heterocycles. The number of carbonyl (C=O) groups is 1. The first-order chi connectivity index (χ1) is 12.7. The molecule has 1 amide bonds. The predicted octanol–water partition coefficient (Wildman–Crippen LogP) is 1.21. The molecular formula is C17H18N8O. The van der Waals surface area contributed by atoms with E-state index in [0.717, 1.165) is 36.0 Å². The van der Waals surface area contributed by atoms with E-state index in [4.69, 9.17) is 5.26 Å². The van der Waals surface area contributed by atoms with Crippen LogP contribution in [-0.4, -0.2) is 50.2 Å². The van der Waals surface area contributed by atoms with E-state index in [0.29, 0.717) is 23.7 Å². The van der Waals surface area contributed by atoms with Gasteiger partial charge in [0.15, 0.2) is 11.3 Å². The van der Waals surface area contributed by atoms with Crippen LogP contribution in [0.25, 0.3) is 22.1 Å². The molecule has 0 spiro atoms. The molecule has 1 aliphatic heterocycles. The van der Waals surface area contributed by atoms with E-state index >= 15 is 0 Å². The highest BCUT2D eigenvalue weighted by molar-refractivity contribution is 6.07. The summed E-state index contributed by atoms with van der Waals surface area (Å²) in [6.07, 6.45) is 3.51. The minimum Gasteiger partial charge on any atom is -0.354 e. The van der Waals surface area contributed by atoms with E-state index in [1.165, 1.54) is 0 Å². The number of H-pyrrole nitrogens is 1. The van der Waals surface area contributed by atoms with E-state index < -0.39 is 0 Å². The Morgan fingerprint density at radius 3 is 3.19 bits per heavy atom. The summed E-state index contributed by atoms with van der Waals surface area (Å²) in [5.74, 6) is 1.21. The second-order valence-electron chi connectivity index (χ2n) is 6.42. The molecule has 9 nitrogen and oxygen atoms in total. The molecule has 2 N–H and O–H groups in total. The van der Waals surface area contributed by atoms with Crippen LogP contribution in [0.2, 0.25) is 0 Å². The van der Waals surface area contributed by atoms with Gasteiger partial charge in [-0.25, -0.2) is 9.97 Å². The number of hydrogen-bond acceptors (Lipinski definition) is 7. The molecule has 1 aliphatic rings. The number of carbonyl (C=O) groups excluding carboxylic acids is 1. The van der Waals surface area contributed by atoms with Crippen molar-refractivity contribution < 1.29 is 4.79 Å². The lowest BCUT2D eigenvalue weighted by Gasteiger charge is -2.34. The van der Waals surface area contributed by atoms with Crippen LogP contribution in [0.4, 0.5) is 5.82 Å². The van der Waals surface area contributed by atoms with E-state index in [-0.39, 0.29) is 18.4 Å². The molecule has 1 unspecified atom stereocenters. The number of rotatable bonds is 3. The summed E-state index contributed by atoms with van der Waals surface area (Å²) in [6, 6.07) is 3.82. The van der Waals surface area contributed by atoms with Gasteiger partial charge in [0.05, 0.1) is 11.5 Å². The Morgan fingerprint density at radius 2 is 2.35 bits per heavy atom. The van der Waals surface area contributed by atoms with Crippen LogP contribution in [0.15, 0.2) is 12.3 Å². The van der Waals surface area contributed by atoms with E-state index in [2.05, 4.69) is 35.4 Å². The van der Waals surface area contributed by atoms with Crippen LogP contribution in [-0.2, 0) is 4.79 Å². The second kappa shape index (κ2) is 6.55. The molecule has 1 atom stereocenters. The largest absolute Gasteiger partial charge is 0.354 e. The van der Waals surface area contributed by atoms with Crippen molar-refractivity contribution in [1.82, 2.24) is 30.5 Å². The average molecular weight is 350 g/mol. The summed E-state index contributed by atoms with van der Waals surface area (Å²) < 4.78 is 0. The Balaban J connectivity index is 1.72. The molecule has 1 saturated heterocycles. The zero-order valence-corrected chi connectivity index (χ0v) is 14.4. The maximum Gasteiger partial charge on any atom is 0.234 e. The smallest absolute Gasteiger partial charge is 0.234 e. The van der Waals surface area contributed by atoms with Crippen LogP contribution in [0, 0.1) is 18.3 Å². The molecule has 132 valence electrons. The zero-order chi connectivity index (χ0) is 18.1. The fourth-order valence-electron chi connectivity index (χ4n) is 3.47. The summed E-state index contributed by atoms with van der Waals surface area (Å²) in [6.45, 7) is 3.31. The number of fused-ring (bicyclic) bond motifs is 3. The summed E-state index contributed by atoms with van der Waals surface area (Å²) in [5.41, 5.74) is 1.26. The average Bonchev–Trinajstić information content (AvgIpc) is 3.10. The van der Waals surface area contributed by atoms with Gasteiger partial charge in [0.2, 0.25) is 5.91 Å². The monoisotopic (exact) mass is 350 g/mol. The van der Waals surface area contributed by atoms with Gasteiger partial charge >= 0.3 is 0 Å². The number of nitriles is 1. The van der Waals surface area contributed by atoms with Gasteiger partial charge in [0, 0.05) is 30.7 Å². The van der Waals surface area contributed by atoms with Gasteiger partial charge in [-0.15, -0.1) is 10.2 Å². The number of aromatic amines is 1. The quantitative estimate of drug-likeness (QED) is 0.727.